The molecule has 9 heteroatoms. The fraction of sp³-hybridized carbons (Fsp3) is 0.286. The Bertz CT molecular complexity index is 905. The first-order valence-corrected chi connectivity index (χ1v) is 7.67. The third-order valence-corrected chi connectivity index (χ3v) is 4.21. The molecule has 2 aromatic heterocycles. The van der Waals surface area contributed by atoms with Crippen LogP contribution in [0.2, 0.25) is 0 Å². The summed E-state index contributed by atoms with van der Waals surface area (Å²) in [5.41, 5.74) is 5.97. The monoisotopic (exact) mass is 333 g/mol. The van der Waals surface area contributed by atoms with Crippen molar-refractivity contribution < 1.29 is 9.47 Å². The van der Waals surface area contributed by atoms with Crippen LogP contribution < -0.4 is 20.8 Å². The van der Waals surface area contributed by atoms with Crippen molar-refractivity contribution in [3.05, 3.63) is 33.6 Å². The summed E-state index contributed by atoms with van der Waals surface area (Å²) in [6, 6.07) is 5.13. The van der Waals surface area contributed by atoms with E-state index in [1.807, 2.05) is 0 Å². The minimum Gasteiger partial charge on any atom is -0.493 e. The molecule has 0 saturated carbocycles. The summed E-state index contributed by atoms with van der Waals surface area (Å²) in [5, 5.41) is 13.1. The van der Waals surface area contributed by atoms with Crippen LogP contribution in [0.4, 0.5) is 0 Å². The van der Waals surface area contributed by atoms with Crippen molar-refractivity contribution in [1.82, 2.24) is 19.8 Å². The number of nitrogens with zero attached hydrogens (tertiary/aromatic N) is 4. The number of hydrogen-bond acceptors (Lipinski definition) is 8. The van der Waals surface area contributed by atoms with Gasteiger partial charge < -0.3 is 15.2 Å². The number of benzene rings is 1. The highest BCUT2D eigenvalue weighted by Gasteiger charge is 2.15. The zero-order valence-corrected chi connectivity index (χ0v) is 13.5. The van der Waals surface area contributed by atoms with Gasteiger partial charge in [0.2, 0.25) is 4.96 Å². The third-order valence-electron chi connectivity index (χ3n) is 3.25. The molecule has 0 aliphatic heterocycles. The number of ether oxygens (including phenoxy) is 2. The van der Waals surface area contributed by atoms with Crippen molar-refractivity contribution in [2.75, 3.05) is 20.8 Å². The Kier molecular flexibility index (Phi) is 4.22. The molecular formula is C14H15N5O3S. The molecule has 120 valence electrons. The van der Waals surface area contributed by atoms with Crippen LogP contribution in [0.3, 0.4) is 0 Å². The Labute approximate surface area is 135 Å². The predicted molar refractivity (Wildman–Crippen MR) is 86.2 cm³/mol. The Morgan fingerprint density at radius 3 is 2.70 bits per heavy atom. The van der Waals surface area contributed by atoms with Gasteiger partial charge in [-0.2, -0.15) is 9.61 Å². The van der Waals surface area contributed by atoms with Crippen molar-refractivity contribution in [2.45, 2.75) is 6.42 Å². The van der Waals surface area contributed by atoms with E-state index < -0.39 is 0 Å². The summed E-state index contributed by atoms with van der Waals surface area (Å²) in [7, 11) is 3.08. The first-order valence-electron chi connectivity index (χ1n) is 6.85. The average molecular weight is 333 g/mol. The maximum Gasteiger partial charge on any atom is 0.302 e. The van der Waals surface area contributed by atoms with Gasteiger partial charge >= 0.3 is 5.56 Å². The lowest BCUT2D eigenvalue weighted by Gasteiger charge is -2.08. The maximum absolute atomic E-state index is 12.6. The van der Waals surface area contributed by atoms with Gasteiger partial charge in [-0.15, -0.1) is 10.2 Å². The van der Waals surface area contributed by atoms with E-state index in [1.54, 1.807) is 25.3 Å². The number of aromatic nitrogens is 4. The van der Waals surface area contributed by atoms with Gasteiger partial charge in [-0.05, 0) is 24.7 Å². The molecule has 3 rings (SSSR count). The molecule has 0 bridgehead atoms. The molecule has 0 saturated heterocycles. The number of rotatable bonds is 5. The number of nitrogens with two attached hydrogens (primary N) is 1. The van der Waals surface area contributed by atoms with Crippen LogP contribution in [-0.4, -0.2) is 40.6 Å². The largest absolute Gasteiger partial charge is 0.493 e. The van der Waals surface area contributed by atoms with Gasteiger partial charge in [-0.3, -0.25) is 4.79 Å². The third kappa shape index (κ3) is 2.76. The summed E-state index contributed by atoms with van der Waals surface area (Å²) in [4.78, 5) is 13.0. The molecule has 0 spiro atoms. The minimum atomic E-state index is -0.332. The molecule has 0 radical (unpaired) electrons. The van der Waals surface area contributed by atoms with Crippen molar-refractivity contribution >= 4 is 16.3 Å². The van der Waals surface area contributed by atoms with Gasteiger partial charge in [0.15, 0.2) is 17.2 Å². The predicted octanol–water partition coefficient (Wildman–Crippen LogP) is 0.731. The molecule has 0 amide bonds. The highest BCUT2D eigenvalue weighted by Crippen LogP contribution is 2.30. The lowest BCUT2D eigenvalue weighted by Crippen LogP contribution is -2.19. The lowest BCUT2D eigenvalue weighted by molar-refractivity contribution is 0.355. The number of hydrogen-bond donors (Lipinski definition) is 1. The van der Waals surface area contributed by atoms with Crippen molar-refractivity contribution in [2.24, 2.45) is 5.73 Å². The van der Waals surface area contributed by atoms with Crippen LogP contribution >= 0.6 is 11.3 Å². The molecule has 2 N–H and O–H groups in total. The van der Waals surface area contributed by atoms with Crippen molar-refractivity contribution in [3.63, 3.8) is 0 Å². The molecule has 1 aromatic carbocycles. The fourth-order valence-electron chi connectivity index (χ4n) is 2.14. The molecule has 0 unspecified atom stereocenters. The van der Waals surface area contributed by atoms with Gasteiger partial charge in [0.25, 0.3) is 0 Å². The molecule has 0 aliphatic rings. The molecule has 3 aromatic rings. The molecule has 0 aliphatic carbocycles. The smallest absolute Gasteiger partial charge is 0.302 e. The van der Waals surface area contributed by atoms with Crippen LogP contribution in [0.25, 0.3) is 16.2 Å². The Hall–Kier alpha value is -2.52. The van der Waals surface area contributed by atoms with E-state index in [1.165, 1.54) is 23.0 Å². The lowest BCUT2D eigenvalue weighted by atomic mass is 10.1. The van der Waals surface area contributed by atoms with E-state index in [2.05, 4.69) is 15.3 Å². The minimum absolute atomic E-state index is 0.202. The molecule has 0 atom stereocenters. The number of fused-ring (bicyclic) bond motifs is 1. The van der Waals surface area contributed by atoms with Gasteiger partial charge in [-0.25, -0.2) is 0 Å². The van der Waals surface area contributed by atoms with Gasteiger partial charge in [0.1, 0.15) is 5.01 Å². The Balaban J connectivity index is 2.13. The van der Waals surface area contributed by atoms with Gasteiger partial charge in [0, 0.05) is 12.0 Å². The molecule has 2 heterocycles. The summed E-state index contributed by atoms with van der Waals surface area (Å²) >= 11 is 1.31. The van der Waals surface area contributed by atoms with Crippen LogP contribution in [0.5, 0.6) is 11.5 Å². The summed E-state index contributed by atoms with van der Waals surface area (Å²) < 4.78 is 11.7. The normalized spacial score (nSPS) is 10.9. The first kappa shape index (κ1) is 15.4. The second-order valence-corrected chi connectivity index (χ2v) is 5.69. The number of methoxy groups -OCH3 is 2. The van der Waals surface area contributed by atoms with Gasteiger partial charge in [-0.1, -0.05) is 11.3 Å². The second-order valence-electron chi connectivity index (χ2n) is 4.65. The summed E-state index contributed by atoms with van der Waals surface area (Å²) in [5.74, 6) is 1.09. The molecular weight excluding hydrogens is 318 g/mol. The first-order chi connectivity index (χ1) is 11.2. The van der Waals surface area contributed by atoms with Crippen LogP contribution in [0, 0.1) is 0 Å². The second kappa shape index (κ2) is 6.31. The summed E-state index contributed by atoms with van der Waals surface area (Å²) in [6.45, 7) is 0.463. The molecule has 0 fully saturated rings. The highest BCUT2D eigenvalue weighted by atomic mass is 32.1. The van der Waals surface area contributed by atoms with E-state index in [0.717, 1.165) is 5.01 Å². The van der Waals surface area contributed by atoms with Crippen LogP contribution in [0.1, 0.15) is 5.01 Å². The van der Waals surface area contributed by atoms with Crippen LogP contribution in [-0.2, 0) is 6.42 Å². The quantitative estimate of drug-likeness (QED) is 0.734. The zero-order valence-electron chi connectivity index (χ0n) is 12.6. The Morgan fingerprint density at radius 1 is 1.22 bits per heavy atom. The van der Waals surface area contributed by atoms with E-state index in [-0.39, 0.29) is 11.3 Å². The van der Waals surface area contributed by atoms with Gasteiger partial charge in [0.05, 0.1) is 14.2 Å². The maximum atomic E-state index is 12.6. The van der Waals surface area contributed by atoms with E-state index in [0.29, 0.717) is 35.0 Å². The standard InChI is InChI=1S/C14H15N5O3S/c1-21-9-4-3-8(7-10(9)22-2)12-13(20)19-14(17-16-12)23-11(18-19)5-6-15/h3-4,7H,5-6,15H2,1-2H3. The SMILES string of the molecule is COc1ccc(-c2nnc3sc(CCN)nn3c2=O)cc1OC. The molecule has 23 heavy (non-hydrogen) atoms. The topological polar surface area (TPSA) is 105 Å². The zero-order chi connectivity index (χ0) is 16.4. The fourth-order valence-corrected chi connectivity index (χ4v) is 2.99. The van der Waals surface area contributed by atoms with E-state index in [4.69, 9.17) is 15.2 Å². The highest BCUT2D eigenvalue weighted by molar-refractivity contribution is 7.16. The van der Waals surface area contributed by atoms with E-state index in [9.17, 15) is 4.79 Å². The molecule has 8 nitrogen and oxygen atoms in total. The van der Waals surface area contributed by atoms with Crippen molar-refractivity contribution in [3.8, 4) is 22.8 Å². The van der Waals surface area contributed by atoms with E-state index >= 15 is 0 Å². The van der Waals surface area contributed by atoms with Crippen molar-refractivity contribution in [1.29, 1.82) is 0 Å². The average Bonchev–Trinajstić information content (AvgIpc) is 2.98. The summed E-state index contributed by atoms with van der Waals surface area (Å²) in [6.07, 6.45) is 0.596. The van der Waals surface area contributed by atoms with Crippen LogP contribution in [0.15, 0.2) is 23.0 Å². The Morgan fingerprint density at radius 2 is 2.00 bits per heavy atom.